The highest BCUT2D eigenvalue weighted by molar-refractivity contribution is 7.18. The number of aromatic nitrogens is 2. The SMILES string of the molecule is Cc1nc2c(c(=O)[nH]1)C=C(CN(C)c1ccc(C(=O)N[C@@H](CCC(=O)O)C(=O)O)s1)CC=C2. The van der Waals surface area contributed by atoms with Gasteiger partial charge in [0.15, 0.2) is 0 Å². The van der Waals surface area contributed by atoms with Gasteiger partial charge in [0.2, 0.25) is 0 Å². The summed E-state index contributed by atoms with van der Waals surface area (Å²) in [7, 11) is 1.86. The van der Waals surface area contributed by atoms with Gasteiger partial charge in [-0.25, -0.2) is 9.78 Å². The molecule has 0 saturated heterocycles. The smallest absolute Gasteiger partial charge is 0.326 e. The molecule has 1 atom stereocenters. The molecule has 1 aliphatic carbocycles. The molecule has 1 amide bonds. The quantitative estimate of drug-likeness (QED) is 0.433. The number of carbonyl (C=O) groups is 3. The molecule has 3 rings (SSSR count). The Morgan fingerprint density at radius 2 is 2.06 bits per heavy atom. The molecule has 2 aromatic heterocycles. The van der Waals surface area contributed by atoms with Crippen molar-refractivity contribution in [2.75, 3.05) is 18.5 Å². The Kier molecular flexibility index (Phi) is 7.44. The van der Waals surface area contributed by atoms with Crippen molar-refractivity contribution in [3.8, 4) is 0 Å². The number of aromatic amines is 1. The Labute approximate surface area is 193 Å². The third-order valence-corrected chi connectivity index (χ3v) is 6.19. The molecule has 0 fully saturated rings. The van der Waals surface area contributed by atoms with Gasteiger partial charge in [-0.3, -0.25) is 14.4 Å². The molecule has 0 spiro atoms. The van der Waals surface area contributed by atoms with Crippen molar-refractivity contribution >= 4 is 46.3 Å². The van der Waals surface area contributed by atoms with Crippen molar-refractivity contribution in [3.05, 3.63) is 56.1 Å². The highest BCUT2D eigenvalue weighted by Gasteiger charge is 2.23. The second kappa shape index (κ2) is 10.3. The molecule has 0 aromatic carbocycles. The van der Waals surface area contributed by atoms with Crippen LogP contribution in [0.3, 0.4) is 0 Å². The summed E-state index contributed by atoms with van der Waals surface area (Å²) in [5, 5.41) is 21.1. The van der Waals surface area contributed by atoms with Crippen molar-refractivity contribution in [1.29, 1.82) is 0 Å². The third kappa shape index (κ3) is 6.16. The highest BCUT2D eigenvalue weighted by atomic mass is 32.1. The lowest BCUT2D eigenvalue weighted by atomic mass is 10.1. The Balaban J connectivity index is 1.70. The lowest BCUT2D eigenvalue weighted by molar-refractivity contribution is -0.140. The first kappa shape index (κ1) is 23.9. The van der Waals surface area contributed by atoms with Crippen LogP contribution in [0, 0.1) is 6.92 Å². The molecular weight excluding hydrogens is 448 g/mol. The van der Waals surface area contributed by atoms with Crippen LogP contribution in [0.15, 0.2) is 28.6 Å². The van der Waals surface area contributed by atoms with Gasteiger partial charge in [-0.2, -0.15) is 0 Å². The van der Waals surface area contributed by atoms with E-state index in [1.807, 2.05) is 30.2 Å². The molecule has 2 heterocycles. The fourth-order valence-corrected chi connectivity index (χ4v) is 4.24. The molecule has 0 bridgehead atoms. The van der Waals surface area contributed by atoms with E-state index >= 15 is 0 Å². The number of carboxylic acid groups (broad SMARTS) is 2. The van der Waals surface area contributed by atoms with Crippen LogP contribution in [0.2, 0.25) is 0 Å². The predicted molar refractivity (Wildman–Crippen MR) is 125 cm³/mol. The van der Waals surface area contributed by atoms with Crippen LogP contribution in [0.1, 0.15) is 46.0 Å². The molecule has 2 aromatic rings. The number of hydrogen-bond acceptors (Lipinski definition) is 7. The van der Waals surface area contributed by atoms with Crippen LogP contribution in [0.4, 0.5) is 5.00 Å². The Bertz CT molecular complexity index is 1200. The molecule has 4 N–H and O–H groups in total. The van der Waals surface area contributed by atoms with E-state index in [-0.39, 0.29) is 18.4 Å². The molecule has 0 unspecified atom stereocenters. The lowest BCUT2D eigenvalue weighted by Gasteiger charge is -2.18. The van der Waals surface area contributed by atoms with E-state index in [0.717, 1.165) is 10.6 Å². The number of aliphatic carboxylic acids is 2. The maximum absolute atomic E-state index is 12.5. The van der Waals surface area contributed by atoms with E-state index in [2.05, 4.69) is 15.3 Å². The van der Waals surface area contributed by atoms with Gasteiger partial charge in [0, 0.05) is 20.0 Å². The number of carbonyl (C=O) groups excluding carboxylic acids is 1. The Hall–Kier alpha value is -3.73. The number of rotatable bonds is 9. The van der Waals surface area contributed by atoms with E-state index in [4.69, 9.17) is 5.11 Å². The standard InChI is InChI=1S/C22H24N4O6S/c1-12-23-15-5-3-4-13(10-14(15)20(29)24-12)11-26(2)18-8-7-17(33-18)21(30)25-16(22(31)32)6-9-19(27)28/h3,5,7-8,10,16H,4,6,9,11H2,1-2H3,(H,25,30)(H,27,28)(H,31,32)(H,23,24,29)/t16-/m0/s1. The van der Waals surface area contributed by atoms with Crippen LogP contribution in [0.5, 0.6) is 0 Å². The molecule has 0 aliphatic heterocycles. The predicted octanol–water partition coefficient (Wildman–Crippen LogP) is 2.12. The third-order valence-electron chi connectivity index (χ3n) is 4.99. The minimum atomic E-state index is -1.29. The summed E-state index contributed by atoms with van der Waals surface area (Å²) >= 11 is 1.19. The van der Waals surface area contributed by atoms with Gasteiger partial charge >= 0.3 is 11.9 Å². The number of H-pyrrole nitrogens is 1. The minimum absolute atomic E-state index is 0.199. The van der Waals surface area contributed by atoms with Gasteiger partial charge in [0.25, 0.3) is 11.5 Å². The summed E-state index contributed by atoms with van der Waals surface area (Å²) in [6.07, 6.45) is 5.69. The average Bonchev–Trinajstić information content (AvgIpc) is 3.14. The number of carboxylic acids is 2. The van der Waals surface area contributed by atoms with Crippen molar-refractivity contribution < 1.29 is 24.6 Å². The first-order valence-corrected chi connectivity index (χ1v) is 11.0. The Morgan fingerprint density at radius 1 is 1.30 bits per heavy atom. The zero-order chi connectivity index (χ0) is 24.1. The monoisotopic (exact) mass is 472 g/mol. The van der Waals surface area contributed by atoms with Crippen molar-refractivity contribution in [3.63, 3.8) is 0 Å². The summed E-state index contributed by atoms with van der Waals surface area (Å²) in [6.45, 7) is 2.24. The fourth-order valence-electron chi connectivity index (χ4n) is 3.37. The molecule has 33 heavy (non-hydrogen) atoms. The fraction of sp³-hybridized carbons (Fsp3) is 0.318. The summed E-state index contributed by atoms with van der Waals surface area (Å²) in [6, 6.07) is 2.07. The Morgan fingerprint density at radius 3 is 2.76 bits per heavy atom. The van der Waals surface area contributed by atoms with Crippen LogP contribution >= 0.6 is 11.3 Å². The van der Waals surface area contributed by atoms with Crippen LogP contribution < -0.4 is 15.8 Å². The molecule has 174 valence electrons. The van der Waals surface area contributed by atoms with E-state index in [1.165, 1.54) is 11.3 Å². The van der Waals surface area contributed by atoms with Gasteiger partial charge in [-0.15, -0.1) is 11.3 Å². The van der Waals surface area contributed by atoms with Gasteiger partial charge in [-0.1, -0.05) is 6.08 Å². The number of allylic oxidation sites excluding steroid dienone is 1. The maximum atomic E-state index is 12.5. The number of anilines is 1. The number of thiophene rings is 1. The van der Waals surface area contributed by atoms with E-state index < -0.39 is 23.9 Å². The molecule has 0 saturated carbocycles. The molecule has 1 aliphatic rings. The van der Waals surface area contributed by atoms with Crippen molar-refractivity contribution in [2.24, 2.45) is 0 Å². The number of nitrogens with one attached hydrogen (secondary N) is 2. The summed E-state index contributed by atoms with van der Waals surface area (Å²) in [5.41, 5.74) is 1.92. The van der Waals surface area contributed by atoms with Gasteiger partial charge in [0.05, 0.1) is 21.1 Å². The van der Waals surface area contributed by atoms with Gasteiger partial charge in [-0.05, 0) is 49.6 Å². The molecule has 0 radical (unpaired) electrons. The number of amides is 1. The number of fused-ring (bicyclic) bond motifs is 1. The average molecular weight is 473 g/mol. The van der Waals surface area contributed by atoms with Crippen LogP contribution in [-0.2, 0) is 9.59 Å². The number of nitrogens with zero attached hydrogens (tertiary/aromatic N) is 2. The number of hydrogen-bond donors (Lipinski definition) is 4. The summed E-state index contributed by atoms with van der Waals surface area (Å²) in [4.78, 5) is 56.2. The molecule has 10 nitrogen and oxygen atoms in total. The van der Waals surface area contributed by atoms with Gasteiger partial charge in [0.1, 0.15) is 11.9 Å². The first-order chi connectivity index (χ1) is 15.6. The minimum Gasteiger partial charge on any atom is -0.481 e. The maximum Gasteiger partial charge on any atom is 0.326 e. The van der Waals surface area contributed by atoms with Crippen molar-refractivity contribution in [2.45, 2.75) is 32.2 Å². The van der Waals surface area contributed by atoms with Crippen LogP contribution in [0.25, 0.3) is 12.2 Å². The van der Waals surface area contributed by atoms with Crippen molar-refractivity contribution in [1.82, 2.24) is 15.3 Å². The second-order valence-electron chi connectivity index (χ2n) is 7.65. The van der Waals surface area contributed by atoms with Crippen LogP contribution in [-0.4, -0.2) is 57.7 Å². The lowest BCUT2D eigenvalue weighted by Crippen LogP contribution is -2.40. The zero-order valence-electron chi connectivity index (χ0n) is 18.1. The number of aryl methyl sites for hydroxylation is 1. The number of likely N-dealkylation sites (N-methyl/N-ethyl adjacent to an activating group) is 1. The topological polar surface area (TPSA) is 153 Å². The molecular formula is C22H24N4O6S. The molecule has 11 heteroatoms. The second-order valence-corrected chi connectivity index (χ2v) is 8.71. The van der Waals surface area contributed by atoms with E-state index in [0.29, 0.717) is 34.9 Å². The van der Waals surface area contributed by atoms with Gasteiger partial charge < -0.3 is 25.4 Å². The largest absolute Gasteiger partial charge is 0.481 e. The first-order valence-electron chi connectivity index (χ1n) is 10.2. The van der Waals surface area contributed by atoms with E-state index in [1.54, 1.807) is 19.1 Å². The summed E-state index contributed by atoms with van der Waals surface area (Å²) < 4.78 is 0. The summed E-state index contributed by atoms with van der Waals surface area (Å²) in [5.74, 6) is -2.44. The normalized spacial score (nSPS) is 13.5. The highest BCUT2D eigenvalue weighted by Crippen LogP contribution is 2.27. The van der Waals surface area contributed by atoms with E-state index in [9.17, 15) is 24.3 Å². The zero-order valence-corrected chi connectivity index (χ0v) is 18.9.